The first-order valence-electron chi connectivity index (χ1n) is 5.31. The molecule has 0 radical (unpaired) electrons. The summed E-state index contributed by atoms with van der Waals surface area (Å²) in [6.07, 6.45) is -22.8. The highest BCUT2D eigenvalue weighted by atomic mass is 35.7. The highest BCUT2D eigenvalue weighted by Gasteiger charge is 2.89. The molecule has 1 nitrogen and oxygen atoms in total. The summed E-state index contributed by atoms with van der Waals surface area (Å²) in [6.45, 7) is -7.89. The molecule has 27 heavy (non-hydrogen) atoms. The van der Waals surface area contributed by atoms with E-state index in [1.54, 1.807) is 0 Å². The summed E-state index contributed by atoms with van der Waals surface area (Å²) in [5.41, 5.74) is -7.34. The molecule has 0 unspecified atom stereocenters. The molecule has 0 aromatic carbocycles. The standard InChI is InChI=1S/C7Cl2F16OSi/c8-27(9,7(23,24)25)6(21,22)2(12,13)5(19,20)26-4(17,18)1(10,11)3(14,15)16. The zero-order valence-corrected chi connectivity index (χ0v) is 13.7. The fourth-order valence-corrected chi connectivity index (χ4v) is 2.62. The summed E-state index contributed by atoms with van der Waals surface area (Å²) >= 11 is 7.95. The second-order valence-electron chi connectivity index (χ2n) is 4.43. The molecule has 0 aromatic heterocycles. The molecule has 0 atom stereocenters. The van der Waals surface area contributed by atoms with Gasteiger partial charge in [0.2, 0.25) is 0 Å². The third-order valence-electron chi connectivity index (χ3n) is 2.49. The highest BCUT2D eigenvalue weighted by molar-refractivity contribution is 7.47. The van der Waals surface area contributed by atoms with Crippen molar-refractivity contribution in [2.45, 2.75) is 41.6 Å². The molecule has 0 aliphatic carbocycles. The molecular formula is C7Cl2F16OSi. The molecule has 0 heterocycles. The molecule has 0 aliphatic heterocycles. The monoisotopic (exact) mass is 502 g/mol. The van der Waals surface area contributed by atoms with Crippen LogP contribution in [0.15, 0.2) is 0 Å². The van der Waals surface area contributed by atoms with Gasteiger partial charge in [0.15, 0.2) is 0 Å². The second kappa shape index (κ2) is 6.58. The molecule has 0 rings (SSSR count). The van der Waals surface area contributed by atoms with Gasteiger partial charge in [-0.15, -0.1) is 22.2 Å². The third-order valence-corrected chi connectivity index (χ3v) is 7.01. The Bertz CT molecular complexity index is 550. The van der Waals surface area contributed by atoms with Gasteiger partial charge in [-0.25, -0.2) is 13.5 Å². The zero-order valence-electron chi connectivity index (χ0n) is 11.2. The van der Waals surface area contributed by atoms with E-state index in [0.29, 0.717) is 0 Å². The Balaban J connectivity index is 6.22. The minimum atomic E-state index is -7.89. The first-order chi connectivity index (χ1) is 11.2. The van der Waals surface area contributed by atoms with Crippen molar-refractivity contribution in [2.24, 2.45) is 0 Å². The molecule has 0 aliphatic rings. The van der Waals surface area contributed by atoms with Gasteiger partial charge in [0.1, 0.15) is 0 Å². The highest BCUT2D eigenvalue weighted by Crippen LogP contribution is 2.59. The first-order valence-corrected chi connectivity index (χ1v) is 9.33. The maximum atomic E-state index is 13.2. The van der Waals surface area contributed by atoms with E-state index in [0.717, 1.165) is 0 Å². The van der Waals surface area contributed by atoms with Crippen LogP contribution < -0.4 is 0 Å². The molecule has 0 saturated carbocycles. The number of halogens is 18. The number of alkyl halides is 16. The van der Waals surface area contributed by atoms with E-state index in [2.05, 4.69) is 22.2 Å². The molecule has 0 saturated heterocycles. The van der Waals surface area contributed by atoms with Gasteiger partial charge in [-0.3, -0.25) is 0 Å². The minimum Gasteiger partial charge on any atom is -0.245 e. The van der Waals surface area contributed by atoms with E-state index in [1.165, 1.54) is 4.74 Å². The van der Waals surface area contributed by atoms with Crippen LogP contribution in [0.1, 0.15) is 0 Å². The molecule has 164 valence electrons. The van der Waals surface area contributed by atoms with Crippen molar-refractivity contribution >= 4 is 28.9 Å². The second-order valence-corrected chi connectivity index (χ2v) is 10.8. The summed E-state index contributed by atoms with van der Waals surface area (Å²) in [4.78, 5) is 0. The quantitative estimate of drug-likeness (QED) is 0.238. The number of hydrogen-bond acceptors (Lipinski definition) is 1. The Morgan fingerprint density at radius 1 is 0.519 bits per heavy atom. The van der Waals surface area contributed by atoms with Crippen LogP contribution in [-0.4, -0.2) is 48.3 Å². The number of hydrogen-bond donors (Lipinski definition) is 0. The third kappa shape index (κ3) is 4.03. The first kappa shape index (κ1) is 26.6. The van der Waals surface area contributed by atoms with Crippen molar-refractivity contribution in [2.75, 3.05) is 0 Å². The summed E-state index contributed by atoms with van der Waals surface area (Å²) in [7, 11) is 0. The fourth-order valence-electron chi connectivity index (χ4n) is 1.01. The van der Waals surface area contributed by atoms with Crippen LogP contribution in [0.4, 0.5) is 70.2 Å². The van der Waals surface area contributed by atoms with Crippen LogP contribution in [0.5, 0.6) is 0 Å². The van der Waals surface area contributed by atoms with Crippen LogP contribution in [-0.2, 0) is 4.74 Å². The Kier molecular flexibility index (Phi) is 6.49. The van der Waals surface area contributed by atoms with Gasteiger partial charge in [0.25, 0.3) is 0 Å². The summed E-state index contributed by atoms with van der Waals surface area (Å²) in [5.74, 6) is -22.2. The molecule has 0 spiro atoms. The van der Waals surface area contributed by atoms with E-state index in [9.17, 15) is 70.2 Å². The predicted molar refractivity (Wildman–Crippen MR) is 55.4 cm³/mol. The van der Waals surface area contributed by atoms with Gasteiger partial charge in [-0.2, -0.15) is 61.5 Å². The van der Waals surface area contributed by atoms with E-state index < -0.39 is 48.3 Å². The lowest BCUT2D eigenvalue weighted by Gasteiger charge is -2.39. The van der Waals surface area contributed by atoms with Gasteiger partial charge in [0, 0.05) is 0 Å². The van der Waals surface area contributed by atoms with Crippen molar-refractivity contribution in [1.82, 2.24) is 0 Å². The Labute approximate surface area is 146 Å². The van der Waals surface area contributed by atoms with Crippen molar-refractivity contribution in [3.05, 3.63) is 0 Å². The predicted octanol–water partition coefficient (Wildman–Crippen LogP) is 6.22. The average Bonchev–Trinajstić information content (AvgIpc) is 2.33. The largest absolute Gasteiger partial charge is 0.462 e. The molecule has 0 aromatic rings. The lowest BCUT2D eigenvalue weighted by Crippen LogP contribution is -2.70. The lowest BCUT2D eigenvalue weighted by molar-refractivity contribution is -0.504. The van der Waals surface area contributed by atoms with Crippen LogP contribution in [0.2, 0.25) is 0 Å². The van der Waals surface area contributed by atoms with Crippen LogP contribution >= 0.6 is 22.2 Å². The van der Waals surface area contributed by atoms with Crippen molar-refractivity contribution < 1.29 is 75.0 Å². The smallest absolute Gasteiger partial charge is 0.245 e. The Morgan fingerprint density at radius 3 is 1.07 bits per heavy atom. The van der Waals surface area contributed by atoms with Gasteiger partial charge >= 0.3 is 48.3 Å². The summed E-state index contributed by atoms with van der Waals surface area (Å²) in [6, 6.07) is 0. The summed E-state index contributed by atoms with van der Waals surface area (Å²) in [5, 5.41) is 0. The van der Waals surface area contributed by atoms with Crippen molar-refractivity contribution in [3.8, 4) is 0 Å². The topological polar surface area (TPSA) is 9.23 Å². The minimum absolute atomic E-state index is 1.25. The SMILES string of the molecule is FC(F)(F)C(F)(F)C(F)(F)OC(F)(F)C(F)(F)C(F)(F)[Si](Cl)(Cl)C(F)(F)F. The Morgan fingerprint density at radius 2 is 0.815 bits per heavy atom. The van der Waals surface area contributed by atoms with Crippen molar-refractivity contribution in [1.29, 1.82) is 0 Å². The molecule has 0 N–H and O–H groups in total. The molecule has 0 amide bonds. The number of rotatable bonds is 6. The van der Waals surface area contributed by atoms with E-state index in [1.807, 2.05) is 0 Å². The van der Waals surface area contributed by atoms with E-state index in [4.69, 9.17) is 0 Å². The van der Waals surface area contributed by atoms with Crippen molar-refractivity contribution in [3.63, 3.8) is 0 Å². The zero-order chi connectivity index (χ0) is 22.7. The molecule has 0 fully saturated rings. The van der Waals surface area contributed by atoms with Crippen LogP contribution in [0, 0.1) is 0 Å². The maximum Gasteiger partial charge on any atom is 0.462 e. The normalized spacial score (nSPS) is 16.7. The lowest BCUT2D eigenvalue weighted by atomic mass is 10.2. The van der Waals surface area contributed by atoms with Gasteiger partial charge in [-0.1, -0.05) is 0 Å². The molecule has 20 heteroatoms. The molecule has 0 bridgehead atoms. The Hall–Kier alpha value is -0.363. The van der Waals surface area contributed by atoms with Gasteiger partial charge in [0.05, 0.1) is 0 Å². The average molecular weight is 503 g/mol. The fraction of sp³-hybridized carbons (Fsp3) is 1.00. The van der Waals surface area contributed by atoms with Crippen LogP contribution in [0.25, 0.3) is 0 Å². The molecular weight excluding hydrogens is 503 g/mol. The summed E-state index contributed by atoms with van der Waals surface area (Å²) < 4.78 is 201. The van der Waals surface area contributed by atoms with Gasteiger partial charge < -0.3 is 0 Å². The van der Waals surface area contributed by atoms with Gasteiger partial charge in [-0.05, 0) is 0 Å². The van der Waals surface area contributed by atoms with E-state index >= 15 is 0 Å². The van der Waals surface area contributed by atoms with E-state index in [-0.39, 0.29) is 0 Å². The number of ether oxygens (including phenoxy) is 1. The maximum absolute atomic E-state index is 13.2. The van der Waals surface area contributed by atoms with Crippen LogP contribution in [0.3, 0.4) is 0 Å².